The maximum atomic E-state index is 13.7. The Morgan fingerprint density at radius 2 is 1.82 bits per heavy atom. The number of nitrogens with one attached hydrogen (secondary N) is 1. The van der Waals surface area contributed by atoms with Gasteiger partial charge in [0.1, 0.15) is 17.0 Å². The number of fused-ring (bicyclic) bond motifs is 1. The Balaban J connectivity index is 1.72. The molecule has 0 radical (unpaired) electrons. The molecule has 34 heavy (non-hydrogen) atoms. The van der Waals surface area contributed by atoms with Crippen LogP contribution >= 0.6 is 0 Å². The molecule has 1 N–H and O–H groups in total. The Morgan fingerprint density at radius 1 is 1.12 bits per heavy atom. The van der Waals surface area contributed by atoms with Crippen molar-refractivity contribution in [3.05, 3.63) is 77.6 Å². The van der Waals surface area contributed by atoms with Gasteiger partial charge in [0.15, 0.2) is 5.69 Å². The molecular weight excluding hydrogens is 436 g/mol. The number of carbonyl (C=O) groups excluding carboxylic acids is 3. The second kappa shape index (κ2) is 9.38. The van der Waals surface area contributed by atoms with E-state index in [0.29, 0.717) is 18.0 Å². The van der Waals surface area contributed by atoms with E-state index in [2.05, 4.69) is 10.4 Å². The molecule has 1 aliphatic rings. The van der Waals surface area contributed by atoms with E-state index in [-0.39, 0.29) is 30.4 Å². The number of hydrogen-bond donors (Lipinski definition) is 1. The van der Waals surface area contributed by atoms with Crippen LogP contribution in [-0.4, -0.2) is 46.8 Å². The fourth-order valence-corrected chi connectivity index (χ4v) is 3.99. The number of nitrogens with zero attached hydrogens (tertiary/aromatic N) is 3. The van der Waals surface area contributed by atoms with E-state index >= 15 is 0 Å². The highest BCUT2D eigenvalue weighted by molar-refractivity contribution is 6.12. The van der Waals surface area contributed by atoms with Crippen LogP contribution in [0.5, 0.6) is 5.75 Å². The standard InChI is InChI=1S/C25H26N4O5/c1-4-34-23(31)20-14-21-22(30)29(18-10-12-19(33-3)13-11-18)25(2,16-28(21)27-20)24(32)26-15-17-8-6-5-7-9-17/h5-14H,4,15-16H2,1-3H3,(H,26,32). The highest BCUT2D eigenvalue weighted by Gasteiger charge is 2.49. The lowest BCUT2D eigenvalue weighted by atomic mass is 9.93. The van der Waals surface area contributed by atoms with Crippen molar-refractivity contribution in [3.63, 3.8) is 0 Å². The fraction of sp³-hybridized carbons (Fsp3) is 0.280. The zero-order chi connectivity index (χ0) is 24.3. The molecule has 0 saturated carbocycles. The van der Waals surface area contributed by atoms with Crippen molar-refractivity contribution in [2.45, 2.75) is 32.5 Å². The third-order valence-corrected chi connectivity index (χ3v) is 5.75. The molecule has 2 heterocycles. The molecule has 1 aliphatic heterocycles. The molecule has 4 rings (SSSR count). The Bertz CT molecular complexity index is 1210. The van der Waals surface area contributed by atoms with Gasteiger partial charge in [-0.1, -0.05) is 30.3 Å². The third kappa shape index (κ3) is 4.24. The molecular formula is C25H26N4O5. The lowest BCUT2D eigenvalue weighted by Crippen LogP contribution is -2.64. The fourth-order valence-electron chi connectivity index (χ4n) is 3.99. The summed E-state index contributed by atoms with van der Waals surface area (Å²) in [7, 11) is 1.55. The number of amides is 2. The first kappa shape index (κ1) is 23.0. The Kier molecular flexibility index (Phi) is 6.36. The number of esters is 1. The minimum atomic E-state index is -1.31. The van der Waals surface area contributed by atoms with Gasteiger partial charge < -0.3 is 14.8 Å². The lowest BCUT2D eigenvalue weighted by Gasteiger charge is -2.43. The van der Waals surface area contributed by atoms with Gasteiger partial charge in [0.25, 0.3) is 5.91 Å². The molecule has 2 aromatic carbocycles. The van der Waals surface area contributed by atoms with E-state index in [1.165, 1.54) is 15.6 Å². The molecule has 176 valence electrons. The van der Waals surface area contributed by atoms with Crippen molar-refractivity contribution < 1.29 is 23.9 Å². The number of hydrogen-bond acceptors (Lipinski definition) is 6. The third-order valence-electron chi connectivity index (χ3n) is 5.75. The predicted octanol–water partition coefficient (Wildman–Crippen LogP) is 2.80. The summed E-state index contributed by atoms with van der Waals surface area (Å²) in [6, 6.07) is 17.8. The van der Waals surface area contributed by atoms with Gasteiger partial charge in [0, 0.05) is 18.3 Å². The largest absolute Gasteiger partial charge is 0.497 e. The van der Waals surface area contributed by atoms with Crippen molar-refractivity contribution in [1.82, 2.24) is 15.1 Å². The van der Waals surface area contributed by atoms with Crippen LogP contribution in [0.25, 0.3) is 0 Å². The summed E-state index contributed by atoms with van der Waals surface area (Å²) in [5, 5.41) is 7.21. The van der Waals surface area contributed by atoms with E-state index in [9.17, 15) is 14.4 Å². The van der Waals surface area contributed by atoms with Gasteiger partial charge in [-0.25, -0.2) is 4.79 Å². The second-order valence-electron chi connectivity index (χ2n) is 8.07. The average molecular weight is 463 g/mol. The van der Waals surface area contributed by atoms with Crippen molar-refractivity contribution >= 4 is 23.5 Å². The highest BCUT2D eigenvalue weighted by atomic mass is 16.5. The van der Waals surface area contributed by atoms with E-state index in [1.54, 1.807) is 45.2 Å². The molecule has 3 aromatic rings. The zero-order valence-electron chi connectivity index (χ0n) is 19.3. The Labute approximate surface area is 197 Å². The van der Waals surface area contributed by atoms with Gasteiger partial charge in [-0.05, 0) is 43.7 Å². The smallest absolute Gasteiger partial charge is 0.358 e. The number of rotatable bonds is 7. The van der Waals surface area contributed by atoms with Gasteiger partial charge in [-0.3, -0.25) is 19.2 Å². The van der Waals surface area contributed by atoms with Gasteiger partial charge in [0.05, 0.1) is 20.3 Å². The van der Waals surface area contributed by atoms with Gasteiger partial charge in [-0.15, -0.1) is 0 Å². The molecule has 0 saturated heterocycles. The summed E-state index contributed by atoms with van der Waals surface area (Å²) >= 11 is 0. The molecule has 0 fully saturated rings. The number of anilines is 1. The van der Waals surface area contributed by atoms with Crippen LogP contribution in [0.4, 0.5) is 5.69 Å². The van der Waals surface area contributed by atoms with Gasteiger partial charge >= 0.3 is 5.97 Å². The molecule has 0 bridgehead atoms. The van der Waals surface area contributed by atoms with Crippen LogP contribution in [0.1, 0.15) is 40.4 Å². The first-order chi connectivity index (χ1) is 16.4. The van der Waals surface area contributed by atoms with E-state index < -0.39 is 17.4 Å². The van der Waals surface area contributed by atoms with E-state index in [4.69, 9.17) is 9.47 Å². The minimum absolute atomic E-state index is 0.0221. The summed E-state index contributed by atoms with van der Waals surface area (Å²) in [5.41, 5.74) is 0.363. The number of aromatic nitrogens is 2. The number of carbonyl (C=O) groups is 3. The lowest BCUT2D eigenvalue weighted by molar-refractivity contribution is -0.126. The summed E-state index contributed by atoms with van der Waals surface area (Å²) in [4.78, 5) is 40.9. The van der Waals surface area contributed by atoms with Crippen LogP contribution in [0.15, 0.2) is 60.7 Å². The Hall–Kier alpha value is -4.14. The minimum Gasteiger partial charge on any atom is -0.497 e. The molecule has 0 aliphatic carbocycles. The summed E-state index contributed by atoms with van der Waals surface area (Å²) in [6.07, 6.45) is 0. The SMILES string of the molecule is CCOC(=O)c1cc2n(n1)CC(C)(C(=O)NCc1ccccc1)N(c1ccc(OC)cc1)C2=O. The molecule has 1 aromatic heterocycles. The maximum absolute atomic E-state index is 13.7. The summed E-state index contributed by atoms with van der Waals surface area (Å²) < 4.78 is 11.7. The Morgan fingerprint density at radius 3 is 2.47 bits per heavy atom. The highest BCUT2D eigenvalue weighted by Crippen LogP contribution is 2.34. The number of benzene rings is 2. The molecule has 9 heteroatoms. The van der Waals surface area contributed by atoms with Crippen LogP contribution in [-0.2, 0) is 22.6 Å². The van der Waals surface area contributed by atoms with Crippen molar-refractivity contribution in [3.8, 4) is 5.75 Å². The van der Waals surface area contributed by atoms with Crippen LogP contribution < -0.4 is 15.0 Å². The van der Waals surface area contributed by atoms with Crippen molar-refractivity contribution in [2.75, 3.05) is 18.6 Å². The number of methoxy groups -OCH3 is 1. The van der Waals surface area contributed by atoms with Crippen LogP contribution in [0.3, 0.4) is 0 Å². The zero-order valence-corrected chi connectivity index (χ0v) is 19.3. The monoisotopic (exact) mass is 462 g/mol. The molecule has 9 nitrogen and oxygen atoms in total. The summed E-state index contributed by atoms with van der Waals surface area (Å²) in [6.45, 7) is 3.93. The maximum Gasteiger partial charge on any atom is 0.358 e. The molecule has 0 spiro atoms. The first-order valence-corrected chi connectivity index (χ1v) is 10.9. The predicted molar refractivity (Wildman–Crippen MR) is 125 cm³/mol. The van der Waals surface area contributed by atoms with E-state index in [0.717, 1.165) is 5.56 Å². The van der Waals surface area contributed by atoms with Crippen LogP contribution in [0, 0.1) is 0 Å². The molecule has 2 amide bonds. The number of ether oxygens (including phenoxy) is 2. The topological polar surface area (TPSA) is 103 Å². The summed E-state index contributed by atoms with van der Waals surface area (Å²) in [5.74, 6) is -0.794. The molecule has 1 unspecified atom stereocenters. The normalized spacial score (nSPS) is 17.1. The average Bonchev–Trinajstić information content (AvgIpc) is 3.28. The van der Waals surface area contributed by atoms with Gasteiger partial charge in [0.2, 0.25) is 5.91 Å². The van der Waals surface area contributed by atoms with Crippen LogP contribution in [0.2, 0.25) is 0 Å². The quantitative estimate of drug-likeness (QED) is 0.542. The van der Waals surface area contributed by atoms with Gasteiger partial charge in [-0.2, -0.15) is 5.10 Å². The second-order valence-corrected chi connectivity index (χ2v) is 8.07. The first-order valence-electron chi connectivity index (χ1n) is 10.9. The van der Waals surface area contributed by atoms with E-state index in [1.807, 2.05) is 30.3 Å². The van der Waals surface area contributed by atoms with Crippen molar-refractivity contribution in [2.24, 2.45) is 0 Å². The van der Waals surface area contributed by atoms with Crippen molar-refractivity contribution in [1.29, 1.82) is 0 Å². The molecule has 1 atom stereocenters.